The maximum Gasteiger partial charge on any atom is 0.246 e. The topological polar surface area (TPSA) is 94.6 Å². The van der Waals surface area contributed by atoms with Gasteiger partial charge in [-0.05, 0) is 81.6 Å². The van der Waals surface area contributed by atoms with Gasteiger partial charge in [0.25, 0.3) is 0 Å². The fourth-order valence-electron chi connectivity index (χ4n) is 4.15. The summed E-state index contributed by atoms with van der Waals surface area (Å²) in [5, 5.41) is 6.27. The van der Waals surface area contributed by atoms with Crippen molar-refractivity contribution in [2.45, 2.75) is 58.5 Å². The third-order valence-corrected chi connectivity index (χ3v) is 6.53. The molecule has 1 aromatic carbocycles. The number of pyridine rings is 1. The van der Waals surface area contributed by atoms with Crippen molar-refractivity contribution in [2.24, 2.45) is 0 Å². The van der Waals surface area contributed by atoms with Gasteiger partial charge in [-0.25, -0.2) is 4.39 Å². The van der Waals surface area contributed by atoms with E-state index in [1.165, 1.54) is 28.0 Å². The summed E-state index contributed by atoms with van der Waals surface area (Å²) in [6, 6.07) is 8.80. The molecule has 39 heavy (non-hydrogen) atoms. The van der Waals surface area contributed by atoms with Crippen LogP contribution in [0.15, 0.2) is 60.9 Å². The Morgan fingerprint density at radius 3 is 2.33 bits per heavy atom. The number of amides is 3. The molecule has 1 aromatic heterocycles. The highest BCUT2D eigenvalue weighted by molar-refractivity contribution is 5.93. The zero-order valence-electron chi connectivity index (χ0n) is 23.7. The van der Waals surface area contributed by atoms with Crippen LogP contribution >= 0.6 is 0 Å². The van der Waals surface area contributed by atoms with Crippen LogP contribution in [0.1, 0.15) is 45.2 Å². The standard InChI is InChI=1S/C30H42FN5O3/c1-6-34-30(3,4)17-8-9-27(37)36(7-2)22-28(38)35(5)26(21-24-10-12-25(31)13-11-24)29(39)33-20-16-23-14-18-32-19-15-23/h8-15,18-19,26,34H,6-7,16-17,20-22H2,1-5H3,(H,33,39)/b9-8+. The molecule has 1 heterocycles. The van der Waals surface area contributed by atoms with Gasteiger partial charge in [-0.15, -0.1) is 0 Å². The Kier molecular flexibility index (Phi) is 12.8. The van der Waals surface area contributed by atoms with Crippen molar-refractivity contribution in [2.75, 3.05) is 33.2 Å². The van der Waals surface area contributed by atoms with E-state index in [0.29, 0.717) is 25.9 Å². The molecule has 3 amide bonds. The summed E-state index contributed by atoms with van der Waals surface area (Å²) >= 11 is 0. The number of aromatic nitrogens is 1. The van der Waals surface area contributed by atoms with Gasteiger partial charge in [-0.2, -0.15) is 0 Å². The summed E-state index contributed by atoms with van der Waals surface area (Å²) in [5.74, 6) is -1.31. The number of hydrogen-bond donors (Lipinski definition) is 2. The fourth-order valence-corrected chi connectivity index (χ4v) is 4.15. The molecule has 0 spiro atoms. The molecule has 0 aliphatic heterocycles. The van der Waals surface area contributed by atoms with Crippen LogP contribution in [0.4, 0.5) is 4.39 Å². The molecule has 1 unspecified atom stereocenters. The number of rotatable bonds is 15. The van der Waals surface area contributed by atoms with Crippen molar-refractivity contribution in [3.05, 3.63) is 77.9 Å². The number of halogens is 1. The molecule has 1 atom stereocenters. The second kappa shape index (κ2) is 15.7. The largest absolute Gasteiger partial charge is 0.354 e. The molecule has 0 fully saturated rings. The van der Waals surface area contributed by atoms with Crippen molar-refractivity contribution in [3.63, 3.8) is 0 Å². The number of nitrogens with zero attached hydrogens (tertiary/aromatic N) is 3. The van der Waals surface area contributed by atoms with Gasteiger partial charge in [0.2, 0.25) is 17.7 Å². The first-order valence-corrected chi connectivity index (χ1v) is 13.4. The minimum Gasteiger partial charge on any atom is -0.354 e. The predicted molar refractivity (Wildman–Crippen MR) is 151 cm³/mol. The van der Waals surface area contributed by atoms with Crippen LogP contribution in [0.2, 0.25) is 0 Å². The zero-order chi connectivity index (χ0) is 28.8. The van der Waals surface area contributed by atoms with Crippen molar-refractivity contribution in [1.29, 1.82) is 0 Å². The Balaban J connectivity index is 2.08. The molecule has 9 heteroatoms. The summed E-state index contributed by atoms with van der Waals surface area (Å²) < 4.78 is 13.5. The zero-order valence-corrected chi connectivity index (χ0v) is 23.7. The van der Waals surface area contributed by atoms with Crippen LogP contribution in [0.3, 0.4) is 0 Å². The van der Waals surface area contributed by atoms with Crippen LogP contribution in [0.25, 0.3) is 0 Å². The number of hydrogen-bond acceptors (Lipinski definition) is 5. The molecular formula is C30H42FN5O3. The molecule has 212 valence electrons. The molecule has 0 bridgehead atoms. The molecular weight excluding hydrogens is 497 g/mol. The Morgan fingerprint density at radius 2 is 1.72 bits per heavy atom. The number of benzene rings is 1. The van der Waals surface area contributed by atoms with E-state index in [2.05, 4.69) is 29.5 Å². The summed E-state index contributed by atoms with van der Waals surface area (Å²) in [6.45, 7) is 9.36. The van der Waals surface area contributed by atoms with Crippen molar-refractivity contribution < 1.29 is 18.8 Å². The first-order chi connectivity index (χ1) is 18.6. The molecule has 0 aliphatic rings. The van der Waals surface area contributed by atoms with E-state index in [4.69, 9.17) is 0 Å². The van der Waals surface area contributed by atoms with E-state index in [-0.39, 0.29) is 42.0 Å². The number of likely N-dealkylation sites (N-methyl/N-ethyl adjacent to an activating group) is 2. The van der Waals surface area contributed by atoms with Crippen LogP contribution in [0.5, 0.6) is 0 Å². The van der Waals surface area contributed by atoms with Gasteiger partial charge in [0.15, 0.2) is 0 Å². The van der Waals surface area contributed by atoms with E-state index in [1.54, 1.807) is 31.6 Å². The van der Waals surface area contributed by atoms with Crippen LogP contribution < -0.4 is 10.6 Å². The molecule has 0 radical (unpaired) electrons. The Morgan fingerprint density at radius 1 is 1.05 bits per heavy atom. The van der Waals surface area contributed by atoms with E-state index >= 15 is 0 Å². The van der Waals surface area contributed by atoms with Crippen molar-refractivity contribution >= 4 is 17.7 Å². The second-order valence-corrected chi connectivity index (χ2v) is 10.1. The summed E-state index contributed by atoms with van der Waals surface area (Å²) in [4.78, 5) is 46.1. The minimum atomic E-state index is -0.828. The number of nitrogens with one attached hydrogen (secondary N) is 2. The fraction of sp³-hybridized carbons (Fsp3) is 0.467. The van der Waals surface area contributed by atoms with E-state index in [9.17, 15) is 18.8 Å². The second-order valence-electron chi connectivity index (χ2n) is 10.1. The summed E-state index contributed by atoms with van der Waals surface area (Å²) in [6.07, 6.45) is 8.19. The quantitative estimate of drug-likeness (QED) is 0.339. The number of carbonyl (C=O) groups is 3. The van der Waals surface area contributed by atoms with Gasteiger partial charge in [0, 0.05) is 44.5 Å². The smallest absolute Gasteiger partial charge is 0.246 e. The molecule has 2 aromatic rings. The first kappa shape index (κ1) is 31.6. The normalized spacial score (nSPS) is 12.3. The highest BCUT2D eigenvalue weighted by Crippen LogP contribution is 2.12. The lowest BCUT2D eigenvalue weighted by molar-refractivity contribution is -0.142. The maximum atomic E-state index is 13.5. The Bertz CT molecular complexity index is 1090. The molecule has 8 nitrogen and oxygen atoms in total. The molecule has 0 saturated heterocycles. The van der Waals surface area contributed by atoms with Crippen LogP contribution in [-0.4, -0.2) is 77.3 Å². The molecule has 0 aliphatic carbocycles. The highest BCUT2D eigenvalue weighted by atomic mass is 19.1. The number of carbonyl (C=O) groups excluding carboxylic acids is 3. The van der Waals surface area contributed by atoms with Gasteiger partial charge in [0.1, 0.15) is 18.4 Å². The predicted octanol–water partition coefficient (Wildman–Crippen LogP) is 3.13. The molecule has 2 N–H and O–H groups in total. The summed E-state index contributed by atoms with van der Waals surface area (Å²) in [5.41, 5.74) is 1.61. The molecule has 2 rings (SSSR count). The van der Waals surface area contributed by atoms with Gasteiger partial charge < -0.3 is 20.4 Å². The SMILES string of the molecule is CCNC(C)(C)C/C=C/C(=O)N(CC)CC(=O)N(C)C(Cc1ccc(F)cc1)C(=O)NCCc1ccncc1. The third-order valence-electron chi connectivity index (χ3n) is 6.53. The molecule has 0 saturated carbocycles. The first-order valence-electron chi connectivity index (χ1n) is 13.4. The lowest BCUT2D eigenvalue weighted by Gasteiger charge is -2.30. The van der Waals surface area contributed by atoms with E-state index < -0.39 is 6.04 Å². The Labute approximate surface area is 231 Å². The van der Waals surface area contributed by atoms with E-state index in [1.807, 2.05) is 32.1 Å². The van der Waals surface area contributed by atoms with Crippen LogP contribution in [-0.2, 0) is 27.2 Å². The van der Waals surface area contributed by atoms with Gasteiger partial charge >= 0.3 is 0 Å². The average Bonchev–Trinajstić information content (AvgIpc) is 2.91. The maximum absolute atomic E-state index is 13.5. The van der Waals surface area contributed by atoms with Crippen molar-refractivity contribution in [3.8, 4) is 0 Å². The third kappa shape index (κ3) is 11.0. The lowest BCUT2D eigenvalue weighted by Crippen LogP contribution is -2.52. The lowest BCUT2D eigenvalue weighted by atomic mass is 10.0. The average molecular weight is 540 g/mol. The van der Waals surface area contributed by atoms with Gasteiger partial charge in [-0.1, -0.05) is 25.1 Å². The minimum absolute atomic E-state index is 0.142. The van der Waals surface area contributed by atoms with Crippen LogP contribution in [0, 0.1) is 5.82 Å². The highest BCUT2D eigenvalue weighted by Gasteiger charge is 2.28. The summed E-state index contributed by atoms with van der Waals surface area (Å²) in [7, 11) is 1.56. The van der Waals surface area contributed by atoms with Crippen molar-refractivity contribution in [1.82, 2.24) is 25.4 Å². The monoisotopic (exact) mass is 539 g/mol. The van der Waals surface area contributed by atoms with Gasteiger partial charge in [-0.3, -0.25) is 19.4 Å². The Hall–Kier alpha value is -3.59. The van der Waals surface area contributed by atoms with E-state index in [0.717, 1.165) is 17.7 Å². The van der Waals surface area contributed by atoms with Gasteiger partial charge in [0.05, 0.1) is 0 Å².